The highest BCUT2D eigenvalue weighted by atomic mass is 16.5. The molecule has 0 aliphatic rings. The largest absolute Gasteiger partial charge is 0.461 e. The molecule has 0 saturated carbocycles. The summed E-state index contributed by atoms with van der Waals surface area (Å²) in [6.07, 6.45) is 0.522. The van der Waals surface area contributed by atoms with Crippen LogP contribution in [-0.2, 0) is 25.7 Å². The second kappa shape index (κ2) is 7.86. The van der Waals surface area contributed by atoms with Crippen LogP contribution in [0.2, 0.25) is 0 Å². The number of carbonyl (C=O) groups is 3. The molecule has 6 nitrogen and oxygen atoms in total. The van der Waals surface area contributed by atoms with Crippen LogP contribution in [0.25, 0.3) is 0 Å². The van der Waals surface area contributed by atoms with Crippen LogP contribution in [0.3, 0.4) is 0 Å². The molecule has 0 radical (unpaired) electrons. The minimum Gasteiger partial charge on any atom is -0.461 e. The maximum absolute atomic E-state index is 11.5. The SMILES string of the molecule is NC(=O)C(CCC(=O)OCc1ccccc1)NC=O. The first-order chi connectivity index (χ1) is 9.13. The molecule has 19 heavy (non-hydrogen) atoms. The maximum Gasteiger partial charge on any atom is 0.306 e. The van der Waals surface area contributed by atoms with Crippen molar-refractivity contribution in [2.75, 3.05) is 0 Å². The molecule has 3 N–H and O–H groups in total. The lowest BCUT2D eigenvalue weighted by molar-refractivity contribution is -0.145. The zero-order valence-corrected chi connectivity index (χ0v) is 10.4. The maximum atomic E-state index is 11.5. The first kappa shape index (κ1) is 14.7. The third-order valence-corrected chi connectivity index (χ3v) is 2.49. The Morgan fingerprint density at radius 3 is 2.58 bits per heavy atom. The van der Waals surface area contributed by atoms with Gasteiger partial charge in [0.1, 0.15) is 12.6 Å². The number of carbonyl (C=O) groups excluding carboxylic acids is 3. The lowest BCUT2D eigenvalue weighted by atomic mass is 10.1. The molecule has 0 aromatic heterocycles. The molecule has 1 aromatic carbocycles. The Balaban J connectivity index is 2.31. The van der Waals surface area contributed by atoms with E-state index in [-0.39, 0.29) is 19.4 Å². The minimum atomic E-state index is -0.846. The number of amides is 2. The quantitative estimate of drug-likeness (QED) is 0.514. The van der Waals surface area contributed by atoms with Crippen molar-refractivity contribution in [1.82, 2.24) is 5.32 Å². The second-order valence-corrected chi connectivity index (χ2v) is 3.92. The van der Waals surface area contributed by atoms with E-state index in [1.807, 2.05) is 30.3 Å². The molecule has 0 heterocycles. The van der Waals surface area contributed by atoms with Crippen molar-refractivity contribution in [1.29, 1.82) is 0 Å². The zero-order chi connectivity index (χ0) is 14.1. The number of hydrogen-bond acceptors (Lipinski definition) is 4. The smallest absolute Gasteiger partial charge is 0.306 e. The molecule has 0 aliphatic heterocycles. The number of nitrogens with two attached hydrogens (primary N) is 1. The Labute approximate surface area is 110 Å². The molecular weight excluding hydrogens is 248 g/mol. The van der Waals surface area contributed by atoms with Gasteiger partial charge in [0.2, 0.25) is 12.3 Å². The number of nitrogens with one attached hydrogen (secondary N) is 1. The van der Waals surface area contributed by atoms with Crippen molar-refractivity contribution in [3.63, 3.8) is 0 Å². The lowest BCUT2D eigenvalue weighted by Crippen LogP contribution is -2.40. The summed E-state index contributed by atoms with van der Waals surface area (Å²) < 4.78 is 5.03. The van der Waals surface area contributed by atoms with Crippen LogP contribution in [0.1, 0.15) is 18.4 Å². The van der Waals surface area contributed by atoms with Gasteiger partial charge in [-0.05, 0) is 12.0 Å². The molecule has 6 heteroatoms. The molecule has 0 bridgehead atoms. The topological polar surface area (TPSA) is 98.5 Å². The number of rotatable bonds is 8. The Morgan fingerprint density at radius 2 is 2.00 bits per heavy atom. The van der Waals surface area contributed by atoms with Gasteiger partial charge >= 0.3 is 5.97 Å². The average Bonchev–Trinajstić information content (AvgIpc) is 2.42. The van der Waals surface area contributed by atoms with Gasteiger partial charge in [-0.3, -0.25) is 14.4 Å². The van der Waals surface area contributed by atoms with Crippen molar-refractivity contribution in [2.45, 2.75) is 25.5 Å². The van der Waals surface area contributed by atoms with Gasteiger partial charge in [-0.25, -0.2) is 0 Å². The summed E-state index contributed by atoms with van der Waals surface area (Å²) in [7, 11) is 0. The van der Waals surface area contributed by atoms with E-state index in [0.29, 0.717) is 6.41 Å². The van der Waals surface area contributed by atoms with Gasteiger partial charge in [0, 0.05) is 6.42 Å². The standard InChI is InChI=1S/C13H16N2O4/c14-13(18)11(15-9-16)6-7-12(17)19-8-10-4-2-1-3-5-10/h1-5,9,11H,6-8H2,(H2,14,18)(H,15,16). The molecule has 1 atom stereocenters. The van der Waals surface area contributed by atoms with Crippen molar-refractivity contribution in [2.24, 2.45) is 5.73 Å². The molecule has 1 unspecified atom stereocenters. The molecule has 1 rings (SSSR count). The summed E-state index contributed by atoms with van der Waals surface area (Å²) >= 11 is 0. The van der Waals surface area contributed by atoms with Crippen LogP contribution < -0.4 is 11.1 Å². The van der Waals surface area contributed by atoms with Crippen LogP contribution in [0.4, 0.5) is 0 Å². The summed E-state index contributed by atoms with van der Waals surface area (Å²) in [6.45, 7) is 0.183. The van der Waals surface area contributed by atoms with E-state index in [1.165, 1.54) is 0 Å². The summed E-state index contributed by atoms with van der Waals surface area (Å²) in [6, 6.07) is 8.40. The van der Waals surface area contributed by atoms with Crippen molar-refractivity contribution in [3.8, 4) is 0 Å². The number of primary amides is 1. The first-order valence-corrected chi connectivity index (χ1v) is 5.82. The molecule has 0 aliphatic carbocycles. The average molecular weight is 264 g/mol. The molecular formula is C13H16N2O4. The molecule has 0 fully saturated rings. The Hall–Kier alpha value is -2.37. The van der Waals surface area contributed by atoms with Crippen LogP contribution in [-0.4, -0.2) is 24.3 Å². The van der Waals surface area contributed by atoms with E-state index in [0.717, 1.165) is 5.56 Å². The highest BCUT2D eigenvalue weighted by molar-refractivity contribution is 5.82. The number of benzene rings is 1. The monoisotopic (exact) mass is 264 g/mol. The van der Waals surface area contributed by atoms with Gasteiger partial charge in [0.05, 0.1) is 0 Å². The fraction of sp³-hybridized carbons (Fsp3) is 0.308. The summed E-state index contributed by atoms with van der Waals surface area (Å²) in [4.78, 5) is 32.6. The Morgan fingerprint density at radius 1 is 1.32 bits per heavy atom. The fourth-order valence-electron chi connectivity index (χ4n) is 1.46. The summed E-state index contributed by atoms with van der Waals surface area (Å²) in [5.41, 5.74) is 5.94. The Kier molecular flexibility index (Phi) is 6.08. The highest BCUT2D eigenvalue weighted by Crippen LogP contribution is 2.04. The molecule has 0 spiro atoms. The van der Waals surface area contributed by atoms with Crippen LogP contribution >= 0.6 is 0 Å². The third kappa shape index (κ3) is 5.67. The van der Waals surface area contributed by atoms with E-state index in [2.05, 4.69) is 5.32 Å². The van der Waals surface area contributed by atoms with E-state index in [1.54, 1.807) is 0 Å². The van der Waals surface area contributed by atoms with E-state index in [9.17, 15) is 14.4 Å². The number of esters is 1. The molecule has 1 aromatic rings. The number of hydrogen-bond donors (Lipinski definition) is 2. The summed E-state index contributed by atoms with van der Waals surface area (Å²) in [5, 5.41) is 2.25. The van der Waals surface area contributed by atoms with Gasteiger partial charge in [-0.2, -0.15) is 0 Å². The Bertz CT molecular complexity index is 434. The predicted molar refractivity (Wildman–Crippen MR) is 67.7 cm³/mol. The van der Waals surface area contributed by atoms with Gasteiger partial charge in [0.15, 0.2) is 0 Å². The van der Waals surface area contributed by atoms with Crippen LogP contribution in [0, 0.1) is 0 Å². The van der Waals surface area contributed by atoms with E-state index >= 15 is 0 Å². The predicted octanol–water partition coefficient (Wildman–Crippen LogP) is 0.110. The summed E-state index contributed by atoms with van der Waals surface area (Å²) in [5.74, 6) is -1.12. The van der Waals surface area contributed by atoms with Crippen LogP contribution in [0.15, 0.2) is 30.3 Å². The van der Waals surface area contributed by atoms with Gasteiger partial charge in [-0.1, -0.05) is 30.3 Å². The number of ether oxygens (including phenoxy) is 1. The normalized spacial score (nSPS) is 11.4. The van der Waals surface area contributed by atoms with E-state index in [4.69, 9.17) is 10.5 Å². The lowest BCUT2D eigenvalue weighted by Gasteiger charge is -2.11. The molecule has 102 valence electrons. The van der Waals surface area contributed by atoms with E-state index < -0.39 is 17.9 Å². The second-order valence-electron chi connectivity index (χ2n) is 3.92. The van der Waals surface area contributed by atoms with Gasteiger partial charge in [-0.15, -0.1) is 0 Å². The first-order valence-electron chi connectivity index (χ1n) is 5.82. The zero-order valence-electron chi connectivity index (χ0n) is 10.4. The third-order valence-electron chi connectivity index (χ3n) is 2.49. The van der Waals surface area contributed by atoms with Crippen molar-refractivity contribution < 1.29 is 19.1 Å². The highest BCUT2D eigenvalue weighted by Gasteiger charge is 2.16. The molecule has 0 saturated heterocycles. The van der Waals surface area contributed by atoms with Gasteiger partial charge < -0.3 is 15.8 Å². The van der Waals surface area contributed by atoms with Crippen molar-refractivity contribution in [3.05, 3.63) is 35.9 Å². The molecule has 2 amide bonds. The minimum absolute atomic E-state index is 0.0152. The van der Waals surface area contributed by atoms with Gasteiger partial charge in [0.25, 0.3) is 0 Å². The van der Waals surface area contributed by atoms with Crippen molar-refractivity contribution >= 4 is 18.3 Å². The fourth-order valence-corrected chi connectivity index (χ4v) is 1.46. The van der Waals surface area contributed by atoms with Crippen LogP contribution in [0.5, 0.6) is 0 Å².